The lowest BCUT2D eigenvalue weighted by Gasteiger charge is -2.12. The quantitative estimate of drug-likeness (QED) is 0.662. The highest BCUT2D eigenvalue weighted by Gasteiger charge is 2.24. The molecular weight excluding hydrogens is 280 g/mol. The number of nitro benzene ring substituents is 1. The van der Waals surface area contributed by atoms with Crippen molar-refractivity contribution in [1.29, 1.82) is 0 Å². The van der Waals surface area contributed by atoms with Gasteiger partial charge in [-0.1, -0.05) is 0 Å². The number of anilines is 1. The zero-order valence-electron chi connectivity index (χ0n) is 10.5. The number of nitrogens with zero attached hydrogens (tertiary/aromatic N) is 2. The minimum atomic E-state index is -0.419. The molecule has 0 saturated carbocycles. The van der Waals surface area contributed by atoms with Gasteiger partial charge in [-0.3, -0.25) is 14.9 Å². The molecule has 0 radical (unpaired) electrons. The van der Waals surface area contributed by atoms with Gasteiger partial charge in [0.25, 0.3) is 0 Å². The lowest BCUT2D eigenvalue weighted by molar-refractivity contribution is -0.382. The highest BCUT2D eigenvalue weighted by atomic mass is 32.1. The summed E-state index contributed by atoms with van der Waals surface area (Å²) in [6, 6.07) is 3.53. The summed E-state index contributed by atoms with van der Waals surface area (Å²) < 4.78 is 0.788. The predicted octanol–water partition coefficient (Wildman–Crippen LogP) is 1.89. The lowest BCUT2D eigenvalue weighted by atomic mass is 10.2. The summed E-state index contributed by atoms with van der Waals surface area (Å²) in [5.74, 6) is 0.0289. The molecule has 0 bridgehead atoms. The molecule has 3 rings (SSSR count). The van der Waals surface area contributed by atoms with Gasteiger partial charge in [-0.2, -0.15) is 0 Å². The molecule has 8 heteroatoms. The smallest absolute Gasteiger partial charge is 0.319 e. The number of carbonyl (C=O) groups is 1. The first-order valence-corrected chi connectivity index (χ1v) is 7.07. The molecule has 104 valence electrons. The van der Waals surface area contributed by atoms with Crippen LogP contribution in [0, 0.1) is 10.1 Å². The van der Waals surface area contributed by atoms with Gasteiger partial charge in [-0.15, -0.1) is 11.3 Å². The van der Waals surface area contributed by atoms with Crippen LogP contribution < -0.4 is 10.6 Å². The predicted molar refractivity (Wildman–Crippen MR) is 75.9 cm³/mol. The second kappa shape index (κ2) is 5.04. The van der Waals surface area contributed by atoms with Crippen molar-refractivity contribution in [2.45, 2.75) is 18.9 Å². The van der Waals surface area contributed by atoms with Crippen molar-refractivity contribution in [2.24, 2.45) is 0 Å². The monoisotopic (exact) mass is 292 g/mol. The van der Waals surface area contributed by atoms with Gasteiger partial charge in [0.05, 0.1) is 15.1 Å². The molecule has 1 aliphatic rings. The van der Waals surface area contributed by atoms with Crippen molar-refractivity contribution in [1.82, 2.24) is 10.3 Å². The van der Waals surface area contributed by atoms with E-state index in [0.29, 0.717) is 24.2 Å². The van der Waals surface area contributed by atoms with Crippen LogP contribution in [0.5, 0.6) is 0 Å². The Balaban J connectivity index is 1.85. The van der Waals surface area contributed by atoms with Crippen molar-refractivity contribution in [3.63, 3.8) is 0 Å². The molecule has 1 aromatic heterocycles. The van der Waals surface area contributed by atoms with E-state index in [1.807, 2.05) is 6.07 Å². The van der Waals surface area contributed by atoms with Crippen molar-refractivity contribution < 1.29 is 9.72 Å². The van der Waals surface area contributed by atoms with E-state index in [2.05, 4.69) is 15.6 Å². The first-order chi connectivity index (χ1) is 9.65. The summed E-state index contributed by atoms with van der Waals surface area (Å²) in [6.07, 6.45) is 1.26. The third-order valence-corrected chi connectivity index (χ3v) is 4.08. The fourth-order valence-corrected chi connectivity index (χ4v) is 2.99. The van der Waals surface area contributed by atoms with Crippen LogP contribution in [-0.4, -0.2) is 28.4 Å². The van der Waals surface area contributed by atoms with Gasteiger partial charge in [0.1, 0.15) is 5.69 Å². The summed E-state index contributed by atoms with van der Waals surface area (Å²) in [5.41, 5.74) is 2.43. The molecular formula is C12H12N4O3S. The summed E-state index contributed by atoms with van der Waals surface area (Å²) >= 11 is 1.37. The summed E-state index contributed by atoms with van der Waals surface area (Å²) in [5, 5.41) is 17.1. The third-order valence-electron chi connectivity index (χ3n) is 3.28. The Kier molecular flexibility index (Phi) is 3.23. The Morgan fingerprint density at radius 1 is 1.55 bits per heavy atom. The molecule has 1 aromatic carbocycles. The van der Waals surface area contributed by atoms with Gasteiger partial charge in [0.15, 0.2) is 5.52 Å². The van der Waals surface area contributed by atoms with Crippen molar-refractivity contribution >= 4 is 38.8 Å². The number of rotatable bonds is 4. The molecule has 1 atom stereocenters. The number of carbonyl (C=O) groups excluding carboxylic acids is 1. The Morgan fingerprint density at radius 2 is 2.40 bits per heavy atom. The number of nitro groups is 1. The molecule has 0 spiro atoms. The van der Waals surface area contributed by atoms with Gasteiger partial charge < -0.3 is 10.6 Å². The Bertz CT molecular complexity index is 684. The highest BCUT2D eigenvalue weighted by Crippen LogP contribution is 2.34. The van der Waals surface area contributed by atoms with E-state index in [0.717, 1.165) is 11.1 Å². The van der Waals surface area contributed by atoms with E-state index < -0.39 is 4.92 Å². The van der Waals surface area contributed by atoms with E-state index in [1.165, 1.54) is 11.3 Å². The number of thiazole rings is 1. The molecule has 1 fully saturated rings. The van der Waals surface area contributed by atoms with Crippen LogP contribution in [0.2, 0.25) is 0 Å². The first-order valence-electron chi connectivity index (χ1n) is 6.19. The molecule has 0 aliphatic carbocycles. The molecule has 2 N–H and O–H groups in total. The molecule has 20 heavy (non-hydrogen) atoms. The highest BCUT2D eigenvalue weighted by molar-refractivity contribution is 7.16. The fourth-order valence-electron chi connectivity index (χ4n) is 2.31. The van der Waals surface area contributed by atoms with Crippen LogP contribution in [0.15, 0.2) is 17.6 Å². The molecule has 1 amide bonds. The molecule has 2 aromatic rings. The third kappa shape index (κ3) is 2.29. The number of aromatic nitrogens is 1. The summed E-state index contributed by atoms with van der Waals surface area (Å²) in [7, 11) is 0. The molecule has 2 heterocycles. The topological polar surface area (TPSA) is 97.2 Å². The van der Waals surface area contributed by atoms with Gasteiger partial charge in [-0.25, -0.2) is 4.98 Å². The van der Waals surface area contributed by atoms with E-state index in [-0.39, 0.29) is 17.6 Å². The van der Waals surface area contributed by atoms with Gasteiger partial charge in [0.2, 0.25) is 5.91 Å². The average molecular weight is 292 g/mol. The van der Waals surface area contributed by atoms with Crippen molar-refractivity contribution in [2.75, 3.05) is 11.9 Å². The maximum absolute atomic E-state index is 11.2. The fraction of sp³-hybridized carbons (Fsp3) is 0.333. The van der Waals surface area contributed by atoms with E-state index in [4.69, 9.17) is 0 Å². The summed E-state index contributed by atoms with van der Waals surface area (Å²) in [6.45, 7) is 0.474. The van der Waals surface area contributed by atoms with E-state index in [1.54, 1.807) is 11.6 Å². The number of amides is 1. The van der Waals surface area contributed by atoms with Crippen LogP contribution in [0.3, 0.4) is 0 Å². The molecule has 1 unspecified atom stereocenters. The second-order valence-electron chi connectivity index (χ2n) is 4.60. The number of hydrogen-bond acceptors (Lipinski definition) is 6. The number of fused-ring (bicyclic) bond motifs is 1. The Labute approximate surface area is 118 Å². The van der Waals surface area contributed by atoms with Gasteiger partial charge in [0, 0.05) is 19.0 Å². The maximum atomic E-state index is 11.2. The van der Waals surface area contributed by atoms with Crippen molar-refractivity contribution in [3.8, 4) is 0 Å². The standard InChI is InChI=1S/C12H12N4O3S/c17-10-4-1-7(15-10)5-13-8-2-3-9-11(14-6-20-9)12(8)16(18)19/h2-3,6-7,13H,1,4-5H2,(H,15,17). The van der Waals surface area contributed by atoms with Crippen LogP contribution >= 0.6 is 11.3 Å². The Hall–Kier alpha value is -2.22. The SMILES string of the molecule is O=C1CCC(CNc2ccc3scnc3c2[N+](=O)[O-])N1. The van der Waals surface area contributed by atoms with E-state index in [9.17, 15) is 14.9 Å². The molecule has 7 nitrogen and oxygen atoms in total. The van der Waals surface area contributed by atoms with Gasteiger partial charge >= 0.3 is 5.69 Å². The number of nitrogens with one attached hydrogen (secondary N) is 2. The van der Waals surface area contributed by atoms with Crippen LogP contribution in [0.4, 0.5) is 11.4 Å². The zero-order chi connectivity index (χ0) is 14.1. The summed E-state index contributed by atoms with van der Waals surface area (Å²) in [4.78, 5) is 26.0. The normalized spacial score (nSPS) is 18.2. The average Bonchev–Trinajstić information content (AvgIpc) is 3.03. The molecule has 1 saturated heterocycles. The van der Waals surface area contributed by atoms with E-state index >= 15 is 0 Å². The lowest BCUT2D eigenvalue weighted by Crippen LogP contribution is -2.31. The zero-order valence-corrected chi connectivity index (χ0v) is 11.3. The maximum Gasteiger partial charge on any atom is 0.319 e. The van der Waals surface area contributed by atoms with Gasteiger partial charge in [-0.05, 0) is 18.6 Å². The van der Waals surface area contributed by atoms with Crippen LogP contribution in [0.25, 0.3) is 10.2 Å². The minimum absolute atomic E-state index is 0.00641. The minimum Gasteiger partial charge on any atom is -0.377 e. The number of benzene rings is 1. The van der Waals surface area contributed by atoms with Crippen molar-refractivity contribution in [3.05, 3.63) is 27.8 Å². The first kappa shape index (κ1) is 12.8. The van der Waals surface area contributed by atoms with Crippen LogP contribution in [0.1, 0.15) is 12.8 Å². The van der Waals surface area contributed by atoms with Crippen LogP contribution in [-0.2, 0) is 4.79 Å². The Morgan fingerprint density at radius 3 is 3.10 bits per heavy atom. The second-order valence-corrected chi connectivity index (χ2v) is 5.49. The molecule has 1 aliphatic heterocycles. The number of hydrogen-bond donors (Lipinski definition) is 2. The largest absolute Gasteiger partial charge is 0.377 e.